The van der Waals surface area contributed by atoms with Gasteiger partial charge >= 0.3 is 0 Å². The minimum Gasteiger partial charge on any atom is -0.378 e. The Morgan fingerprint density at radius 2 is 1.83 bits per heavy atom. The van der Waals surface area contributed by atoms with Gasteiger partial charge in [-0.25, -0.2) is 4.98 Å². The molecule has 0 spiro atoms. The summed E-state index contributed by atoms with van der Waals surface area (Å²) >= 11 is 1.70. The van der Waals surface area contributed by atoms with E-state index in [1.165, 1.54) is 16.3 Å². The fourth-order valence-corrected chi connectivity index (χ4v) is 2.99. The molecular formula is C15H14N2S. The molecule has 90 valence electrons. The number of hydrogen-bond acceptors (Lipinski definition) is 3. The van der Waals surface area contributed by atoms with E-state index in [0.29, 0.717) is 0 Å². The molecule has 0 fully saturated rings. The molecule has 1 heterocycles. The van der Waals surface area contributed by atoms with Crippen LogP contribution in [0.2, 0.25) is 0 Å². The van der Waals surface area contributed by atoms with E-state index in [0.717, 1.165) is 15.7 Å². The van der Waals surface area contributed by atoms with Crippen LogP contribution in [0.25, 0.3) is 21.3 Å². The Morgan fingerprint density at radius 1 is 1.06 bits per heavy atom. The van der Waals surface area contributed by atoms with E-state index >= 15 is 0 Å². The van der Waals surface area contributed by atoms with Gasteiger partial charge in [0.05, 0.1) is 5.69 Å². The molecule has 0 atom stereocenters. The smallest absolute Gasteiger partial charge is 0.125 e. The summed E-state index contributed by atoms with van der Waals surface area (Å²) in [5, 5.41) is 7.91. The maximum atomic E-state index is 4.61. The first-order valence-corrected chi connectivity index (χ1v) is 6.74. The van der Waals surface area contributed by atoms with E-state index in [4.69, 9.17) is 0 Å². The van der Waals surface area contributed by atoms with Crippen LogP contribution in [0.5, 0.6) is 0 Å². The molecule has 0 radical (unpaired) electrons. The SMILES string of the molecule is CNc1sc(-c2ccc3ccccc3c2)nc1C. The van der Waals surface area contributed by atoms with Crippen LogP contribution in [0.3, 0.4) is 0 Å². The molecule has 0 saturated carbocycles. The highest BCUT2D eigenvalue weighted by Crippen LogP contribution is 2.32. The Hall–Kier alpha value is -1.87. The van der Waals surface area contributed by atoms with Gasteiger partial charge in [0.25, 0.3) is 0 Å². The van der Waals surface area contributed by atoms with E-state index in [-0.39, 0.29) is 0 Å². The quantitative estimate of drug-likeness (QED) is 0.737. The molecule has 2 nitrogen and oxygen atoms in total. The number of rotatable bonds is 2. The molecule has 0 aliphatic carbocycles. The van der Waals surface area contributed by atoms with E-state index in [1.54, 1.807) is 11.3 Å². The predicted octanol–water partition coefficient (Wildman–Crippen LogP) is 4.31. The number of benzene rings is 2. The van der Waals surface area contributed by atoms with Crippen molar-refractivity contribution >= 4 is 27.1 Å². The number of thiazole rings is 1. The lowest BCUT2D eigenvalue weighted by molar-refractivity contribution is 1.26. The van der Waals surface area contributed by atoms with E-state index < -0.39 is 0 Å². The zero-order valence-corrected chi connectivity index (χ0v) is 11.2. The van der Waals surface area contributed by atoms with Crippen molar-refractivity contribution in [1.29, 1.82) is 0 Å². The van der Waals surface area contributed by atoms with Gasteiger partial charge in [-0.3, -0.25) is 0 Å². The number of aryl methyl sites for hydroxylation is 1. The van der Waals surface area contributed by atoms with Gasteiger partial charge < -0.3 is 5.32 Å². The second-order valence-electron chi connectivity index (χ2n) is 4.25. The number of nitrogens with one attached hydrogen (secondary N) is 1. The van der Waals surface area contributed by atoms with Gasteiger partial charge in [-0.15, -0.1) is 0 Å². The second-order valence-corrected chi connectivity index (χ2v) is 5.24. The zero-order chi connectivity index (χ0) is 12.5. The number of fused-ring (bicyclic) bond motifs is 1. The third kappa shape index (κ3) is 1.87. The van der Waals surface area contributed by atoms with Crippen LogP contribution in [-0.4, -0.2) is 12.0 Å². The molecular weight excluding hydrogens is 240 g/mol. The van der Waals surface area contributed by atoms with Gasteiger partial charge in [-0.2, -0.15) is 0 Å². The van der Waals surface area contributed by atoms with Crippen LogP contribution in [0.1, 0.15) is 5.69 Å². The molecule has 3 aromatic rings. The standard InChI is InChI=1S/C15H14N2S/c1-10-14(16-2)18-15(17-10)13-8-7-11-5-3-4-6-12(11)9-13/h3-9,16H,1-2H3. The van der Waals surface area contributed by atoms with E-state index in [9.17, 15) is 0 Å². The highest BCUT2D eigenvalue weighted by molar-refractivity contribution is 7.19. The van der Waals surface area contributed by atoms with Gasteiger partial charge in [0.15, 0.2) is 0 Å². The maximum Gasteiger partial charge on any atom is 0.125 e. The number of aromatic nitrogens is 1. The van der Waals surface area contributed by atoms with Crippen molar-refractivity contribution in [3.05, 3.63) is 48.2 Å². The van der Waals surface area contributed by atoms with Crippen molar-refractivity contribution in [2.45, 2.75) is 6.92 Å². The minimum absolute atomic E-state index is 1.06. The first kappa shape index (κ1) is 11.2. The number of anilines is 1. The Kier molecular flexibility index (Phi) is 2.76. The number of nitrogens with zero attached hydrogens (tertiary/aromatic N) is 1. The zero-order valence-electron chi connectivity index (χ0n) is 10.4. The Bertz CT molecular complexity index is 701. The molecule has 18 heavy (non-hydrogen) atoms. The molecule has 0 aliphatic rings. The Balaban J connectivity index is 2.13. The van der Waals surface area contributed by atoms with Gasteiger partial charge in [0.2, 0.25) is 0 Å². The molecule has 2 aromatic carbocycles. The summed E-state index contributed by atoms with van der Waals surface area (Å²) in [5.74, 6) is 0. The van der Waals surface area contributed by atoms with Crippen LogP contribution < -0.4 is 5.32 Å². The monoisotopic (exact) mass is 254 g/mol. The van der Waals surface area contributed by atoms with Crippen LogP contribution in [0, 0.1) is 6.92 Å². The predicted molar refractivity (Wildman–Crippen MR) is 79.3 cm³/mol. The third-order valence-electron chi connectivity index (χ3n) is 3.02. The molecule has 3 rings (SSSR count). The molecule has 1 N–H and O–H groups in total. The fourth-order valence-electron chi connectivity index (χ4n) is 2.07. The van der Waals surface area contributed by atoms with Gasteiger partial charge in [-0.05, 0) is 23.8 Å². The number of hydrogen-bond donors (Lipinski definition) is 1. The molecule has 0 aliphatic heterocycles. The van der Waals surface area contributed by atoms with Crippen molar-refractivity contribution in [3.63, 3.8) is 0 Å². The van der Waals surface area contributed by atoms with Crippen molar-refractivity contribution in [2.75, 3.05) is 12.4 Å². The summed E-state index contributed by atoms with van der Waals surface area (Å²) in [6.07, 6.45) is 0. The molecule has 0 bridgehead atoms. The summed E-state index contributed by atoms with van der Waals surface area (Å²) in [6, 6.07) is 14.9. The van der Waals surface area contributed by atoms with Crippen LogP contribution in [0.15, 0.2) is 42.5 Å². The lowest BCUT2D eigenvalue weighted by Crippen LogP contribution is -1.85. The van der Waals surface area contributed by atoms with Crippen LogP contribution in [-0.2, 0) is 0 Å². The summed E-state index contributed by atoms with van der Waals surface area (Å²) in [4.78, 5) is 4.61. The normalized spacial score (nSPS) is 10.8. The molecule has 0 amide bonds. The van der Waals surface area contributed by atoms with E-state index in [2.05, 4.69) is 52.8 Å². The molecule has 0 unspecified atom stereocenters. The van der Waals surface area contributed by atoms with Crippen molar-refractivity contribution in [1.82, 2.24) is 4.98 Å². The summed E-state index contributed by atoms with van der Waals surface area (Å²) in [6.45, 7) is 2.03. The molecule has 3 heteroatoms. The van der Waals surface area contributed by atoms with Crippen molar-refractivity contribution in [3.8, 4) is 10.6 Å². The largest absolute Gasteiger partial charge is 0.378 e. The second kappa shape index (κ2) is 4.42. The van der Waals surface area contributed by atoms with Gasteiger partial charge in [-0.1, -0.05) is 47.7 Å². The summed E-state index contributed by atoms with van der Waals surface area (Å²) < 4.78 is 0. The van der Waals surface area contributed by atoms with Crippen molar-refractivity contribution in [2.24, 2.45) is 0 Å². The van der Waals surface area contributed by atoms with Gasteiger partial charge in [0.1, 0.15) is 10.0 Å². The van der Waals surface area contributed by atoms with E-state index in [1.807, 2.05) is 14.0 Å². The topological polar surface area (TPSA) is 24.9 Å². The third-order valence-corrected chi connectivity index (χ3v) is 4.24. The highest BCUT2D eigenvalue weighted by Gasteiger charge is 2.08. The highest BCUT2D eigenvalue weighted by atomic mass is 32.1. The van der Waals surface area contributed by atoms with Gasteiger partial charge in [0, 0.05) is 12.6 Å². The van der Waals surface area contributed by atoms with Crippen molar-refractivity contribution < 1.29 is 0 Å². The Labute approximate surface area is 110 Å². The van der Waals surface area contributed by atoms with Crippen LogP contribution >= 0.6 is 11.3 Å². The summed E-state index contributed by atoms with van der Waals surface area (Å²) in [7, 11) is 1.94. The minimum atomic E-state index is 1.06. The average molecular weight is 254 g/mol. The van der Waals surface area contributed by atoms with Crippen LogP contribution in [0.4, 0.5) is 5.00 Å². The fraction of sp³-hybridized carbons (Fsp3) is 0.133. The lowest BCUT2D eigenvalue weighted by atomic mass is 10.1. The maximum absolute atomic E-state index is 4.61. The summed E-state index contributed by atoms with van der Waals surface area (Å²) in [5.41, 5.74) is 2.24. The Morgan fingerprint density at radius 3 is 2.56 bits per heavy atom. The molecule has 0 saturated heterocycles. The first-order valence-electron chi connectivity index (χ1n) is 5.92. The molecule has 1 aromatic heterocycles. The first-order chi connectivity index (χ1) is 8.78. The lowest BCUT2D eigenvalue weighted by Gasteiger charge is -2.00. The average Bonchev–Trinajstić information content (AvgIpc) is 2.79.